The van der Waals surface area contributed by atoms with Crippen molar-refractivity contribution in [1.29, 1.82) is 0 Å². The van der Waals surface area contributed by atoms with Gasteiger partial charge in [-0.15, -0.1) is 0 Å². The standard InChI is InChI=1S/C22H35NO8S/c1-32(29,30)23(14-22(27)28)12-6-5-9-18-19(21(26)13-20(18)25)11-10-16(24)15-31-17-7-3-2-4-8-17/h2-4,7-8,16,18-21,24-26H,5-6,9-15H2,1H3,(H,27,28)/t16-,18-,19-,20+,21-/m1/s1. The number of hydrogen-bond acceptors (Lipinski definition) is 7. The average Bonchev–Trinajstić information content (AvgIpc) is 2.99. The first-order chi connectivity index (χ1) is 15.1. The lowest BCUT2D eigenvalue weighted by Crippen LogP contribution is -2.35. The Hall–Kier alpha value is -1.72. The predicted octanol–water partition coefficient (Wildman–Crippen LogP) is 1.08. The molecular weight excluding hydrogens is 438 g/mol. The Morgan fingerprint density at radius 1 is 1.12 bits per heavy atom. The Labute approximate surface area is 189 Å². The van der Waals surface area contributed by atoms with E-state index in [9.17, 15) is 28.5 Å². The first-order valence-corrected chi connectivity index (χ1v) is 12.8. The van der Waals surface area contributed by atoms with Gasteiger partial charge < -0.3 is 25.2 Å². The molecule has 1 aromatic carbocycles. The average molecular weight is 474 g/mol. The van der Waals surface area contributed by atoms with Crippen molar-refractivity contribution in [2.75, 3.05) is 26.0 Å². The fraction of sp³-hybridized carbons (Fsp3) is 0.682. The van der Waals surface area contributed by atoms with Crippen LogP contribution in [0.25, 0.3) is 0 Å². The summed E-state index contributed by atoms with van der Waals surface area (Å²) in [6, 6.07) is 9.18. The van der Waals surface area contributed by atoms with Crippen LogP contribution in [0.15, 0.2) is 30.3 Å². The van der Waals surface area contributed by atoms with Crippen LogP contribution in [-0.4, -0.2) is 83.4 Å². The van der Waals surface area contributed by atoms with Crippen LogP contribution in [-0.2, 0) is 14.8 Å². The van der Waals surface area contributed by atoms with E-state index in [1.54, 1.807) is 12.1 Å². The number of rotatable bonds is 14. The topological polar surface area (TPSA) is 145 Å². The van der Waals surface area contributed by atoms with E-state index in [0.717, 1.165) is 10.6 Å². The Balaban J connectivity index is 1.79. The first-order valence-electron chi connectivity index (χ1n) is 11.0. The van der Waals surface area contributed by atoms with Gasteiger partial charge in [-0.25, -0.2) is 8.42 Å². The molecule has 0 saturated heterocycles. The van der Waals surface area contributed by atoms with Gasteiger partial charge >= 0.3 is 5.97 Å². The number of aliphatic hydroxyl groups excluding tert-OH is 3. The maximum absolute atomic E-state index is 11.7. The van der Waals surface area contributed by atoms with Crippen molar-refractivity contribution in [2.45, 2.75) is 56.8 Å². The number of benzene rings is 1. The third-order valence-electron chi connectivity index (χ3n) is 6.02. The number of sulfonamides is 1. The van der Waals surface area contributed by atoms with Gasteiger partial charge in [0.15, 0.2) is 0 Å². The molecule has 4 N–H and O–H groups in total. The lowest BCUT2D eigenvalue weighted by molar-refractivity contribution is -0.137. The molecule has 9 nitrogen and oxygen atoms in total. The van der Waals surface area contributed by atoms with Gasteiger partial charge in [0.1, 0.15) is 18.9 Å². The molecule has 0 spiro atoms. The van der Waals surface area contributed by atoms with Crippen LogP contribution >= 0.6 is 0 Å². The second-order valence-electron chi connectivity index (χ2n) is 8.54. The first kappa shape index (κ1) is 26.5. The Morgan fingerprint density at radius 3 is 2.34 bits per heavy atom. The highest BCUT2D eigenvalue weighted by Gasteiger charge is 2.41. The molecule has 182 valence electrons. The number of para-hydroxylation sites is 1. The van der Waals surface area contributed by atoms with E-state index >= 15 is 0 Å². The van der Waals surface area contributed by atoms with Crippen molar-refractivity contribution in [3.05, 3.63) is 30.3 Å². The molecule has 0 amide bonds. The van der Waals surface area contributed by atoms with Crippen molar-refractivity contribution >= 4 is 16.0 Å². The van der Waals surface area contributed by atoms with Crippen LogP contribution in [0.5, 0.6) is 5.75 Å². The van der Waals surface area contributed by atoms with Gasteiger partial charge in [0, 0.05) is 6.54 Å². The highest BCUT2D eigenvalue weighted by Crippen LogP contribution is 2.39. The van der Waals surface area contributed by atoms with Crippen LogP contribution < -0.4 is 4.74 Å². The SMILES string of the molecule is CS(=O)(=O)N(CCCC[C@@H]1[C@@H](CC[C@@H](O)COc2ccccc2)[C@H](O)C[C@@H]1O)CC(=O)O. The molecule has 5 atom stereocenters. The van der Waals surface area contributed by atoms with Crippen LogP contribution in [0.2, 0.25) is 0 Å². The second kappa shape index (κ2) is 12.5. The summed E-state index contributed by atoms with van der Waals surface area (Å²) in [5, 5.41) is 39.9. The van der Waals surface area contributed by atoms with E-state index in [1.165, 1.54) is 0 Å². The number of nitrogens with zero attached hydrogens (tertiary/aromatic N) is 1. The molecule has 1 aliphatic carbocycles. The molecule has 32 heavy (non-hydrogen) atoms. The number of unbranched alkanes of at least 4 members (excludes halogenated alkanes) is 1. The molecule has 2 rings (SSSR count). The predicted molar refractivity (Wildman–Crippen MR) is 119 cm³/mol. The van der Waals surface area contributed by atoms with Gasteiger partial charge in [0.25, 0.3) is 0 Å². The maximum atomic E-state index is 11.7. The van der Waals surface area contributed by atoms with E-state index in [1.807, 2.05) is 18.2 Å². The van der Waals surface area contributed by atoms with E-state index in [-0.39, 0.29) is 31.4 Å². The van der Waals surface area contributed by atoms with Crippen LogP contribution in [0.3, 0.4) is 0 Å². The zero-order valence-electron chi connectivity index (χ0n) is 18.4. The fourth-order valence-electron chi connectivity index (χ4n) is 4.34. The van der Waals surface area contributed by atoms with Gasteiger partial charge in [-0.2, -0.15) is 4.31 Å². The Kier molecular flexibility index (Phi) is 10.4. The summed E-state index contributed by atoms with van der Waals surface area (Å²) in [6.45, 7) is -0.336. The molecule has 0 bridgehead atoms. The summed E-state index contributed by atoms with van der Waals surface area (Å²) >= 11 is 0. The molecule has 1 aliphatic rings. The van der Waals surface area contributed by atoms with Gasteiger partial charge in [-0.3, -0.25) is 4.79 Å². The third-order valence-corrected chi connectivity index (χ3v) is 7.27. The number of carboxylic acid groups (broad SMARTS) is 1. The number of carboxylic acids is 1. The number of aliphatic carboxylic acids is 1. The highest BCUT2D eigenvalue weighted by molar-refractivity contribution is 7.88. The summed E-state index contributed by atoms with van der Waals surface area (Å²) in [7, 11) is -3.61. The summed E-state index contributed by atoms with van der Waals surface area (Å²) in [5.41, 5.74) is 0. The Morgan fingerprint density at radius 2 is 1.75 bits per heavy atom. The minimum atomic E-state index is -3.61. The number of aliphatic hydroxyl groups is 3. The van der Waals surface area contributed by atoms with Gasteiger partial charge in [-0.05, 0) is 56.1 Å². The van der Waals surface area contributed by atoms with Gasteiger partial charge in [0.05, 0.1) is 24.6 Å². The van der Waals surface area contributed by atoms with E-state index < -0.39 is 40.8 Å². The summed E-state index contributed by atoms with van der Waals surface area (Å²) in [5.74, 6) is -0.855. The lowest BCUT2D eigenvalue weighted by atomic mass is 9.85. The highest BCUT2D eigenvalue weighted by atomic mass is 32.2. The minimum Gasteiger partial charge on any atom is -0.491 e. The van der Waals surface area contributed by atoms with E-state index in [4.69, 9.17) is 9.84 Å². The van der Waals surface area contributed by atoms with Crippen molar-refractivity contribution in [2.24, 2.45) is 11.8 Å². The zero-order valence-corrected chi connectivity index (χ0v) is 19.2. The van der Waals surface area contributed by atoms with E-state index in [0.29, 0.717) is 37.9 Å². The minimum absolute atomic E-state index is 0.0940. The van der Waals surface area contributed by atoms with E-state index in [2.05, 4.69) is 0 Å². The van der Waals surface area contributed by atoms with Gasteiger partial charge in [-0.1, -0.05) is 24.6 Å². The van der Waals surface area contributed by atoms with Gasteiger partial charge in [0.2, 0.25) is 10.0 Å². The van der Waals surface area contributed by atoms with Crippen LogP contribution in [0.1, 0.15) is 38.5 Å². The van der Waals surface area contributed by atoms with Crippen molar-refractivity contribution in [1.82, 2.24) is 4.31 Å². The molecule has 0 aromatic heterocycles. The number of hydrogen-bond donors (Lipinski definition) is 4. The quantitative estimate of drug-likeness (QED) is 0.294. The van der Waals surface area contributed by atoms with Crippen LogP contribution in [0, 0.1) is 11.8 Å². The smallest absolute Gasteiger partial charge is 0.318 e. The molecule has 0 unspecified atom stereocenters. The Bertz CT molecular complexity index is 803. The normalized spacial score (nSPS) is 24.5. The molecule has 1 fully saturated rings. The van der Waals surface area contributed by atoms with Crippen molar-refractivity contribution < 1.29 is 38.4 Å². The zero-order chi connectivity index (χ0) is 23.7. The monoisotopic (exact) mass is 473 g/mol. The summed E-state index contributed by atoms with van der Waals surface area (Å²) in [4.78, 5) is 10.9. The maximum Gasteiger partial charge on any atom is 0.318 e. The second-order valence-corrected chi connectivity index (χ2v) is 10.5. The summed E-state index contributed by atoms with van der Waals surface area (Å²) in [6.07, 6.45) is 1.86. The lowest BCUT2D eigenvalue weighted by Gasteiger charge is -2.25. The third kappa shape index (κ3) is 8.67. The molecule has 1 aromatic rings. The molecule has 10 heteroatoms. The van der Waals surface area contributed by atoms with Crippen molar-refractivity contribution in [3.63, 3.8) is 0 Å². The molecule has 1 saturated carbocycles. The molecule has 0 heterocycles. The van der Waals surface area contributed by atoms with Crippen molar-refractivity contribution in [3.8, 4) is 5.75 Å². The fourth-order valence-corrected chi connectivity index (χ4v) is 5.14. The molecule has 0 radical (unpaired) electrons. The van der Waals surface area contributed by atoms with Crippen LogP contribution in [0.4, 0.5) is 0 Å². The molecule has 0 aliphatic heterocycles. The number of carbonyl (C=O) groups is 1. The number of ether oxygens (including phenoxy) is 1. The largest absolute Gasteiger partial charge is 0.491 e. The summed E-state index contributed by atoms with van der Waals surface area (Å²) < 4.78 is 29.9. The molecular formula is C22H35NO8S.